The summed E-state index contributed by atoms with van der Waals surface area (Å²) in [7, 11) is 0. The molecule has 1 N–H and O–H groups in total. The topological polar surface area (TPSA) is 21.3 Å². The Balaban J connectivity index is 1.73. The first-order chi connectivity index (χ1) is 8.37. The molecule has 0 radical (unpaired) electrons. The Morgan fingerprint density at radius 3 is 2.67 bits per heavy atom. The number of rotatable bonds is 3. The number of hydrogen-bond acceptors (Lipinski definition) is 2. The zero-order valence-corrected chi connectivity index (χ0v) is 11.8. The molecule has 0 saturated heterocycles. The van der Waals surface area contributed by atoms with Crippen LogP contribution in [-0.4, -0.2) is 11.6 Å². The molecule has 1 aromatic carbocycles. The van der Waals surface area contributed by atoms with E-state index < -0.39 is 0 Å². The molecule has 0 spiro atoms. The van der Waals surface area contributed by atoms with Crippen LogP contribution in [0.4, 0.5) is 0 Å². The van der Waals surface area contributed by atoms with E-state index in [9.17, 15) is 0 Å². The van der Waals surface area contributed by atoms with Gasteiger partial charge in [-0.25, -0.2) is 0 Å². The third kappa shape index (κ3) is 2.14. The first kappa shape index (κ1) is 12.0. The van der Waals surface area contributed by atoms with Crippen molar-refractivity contribution >= 4 is 0 Å². The predicted octanol–water partition coefficient (Wildman–Crippen LogP) is 3.29. The maximum atomic E-state index is 6.09. The second-order valence-corrected chi connectivity index (χ2v) is 7.07. The Kier molecular flexibility index (Phi) is 2.50. The van der Waals surface area contributed by atoms with Gasteiger partial charge >= 0.3 is 0 Å². The maximum absolute atomic E-state index is 6.09. The van der Waals surface area contributed by atoms with E-state index in [1.54, 1.807) is 0 Å². The molecule has 1 aliphatic carbocycles. The molecule has 2 aliphatic rings. The third-order valence-electron chi connectivity index (χ3n) is 4.22. The molecule has 2 heteroatoms. The highest BCUT2D eigenvalue weighted by molar-refractivity contribution is 5.45. The number of benzene rings is 1. The number of fused-ring (bicyclic) bond motifs is 1. The van der Waals surface area contributed by atoms with Crippen LogP contribution in [0.1, 0.15) is 45.2 Å². The number of ether oxygens (including phenoxy) is 1. The van der Waals surface area contributed by atoms with Gasteiger partial charge in [0.15, 0.2) is 0 Å². The molecule has 1 aromatic rings. The van der Waals surface area contributed by atoms with E-state index in [2.05, 4.69) is 51.2 Å². The average Bonchev–Trinajstić information content (AvgIpc) is 2.72. The van der Waals surface area contributed by atoms with Crippen LogP contribution >= 0.6 is 0 Å². The van der Waals surface area contributed by atoms with Crippen molar-refractivity contribution in [1.82, 2.24) is 5.32 Å². The maximum Gasteiger partial charge on any atom is 0.127 e. The Morgan fingerprint density at radius 1 is 1.28 bits per heavy atom. The van der Waals surface area contributed by atoms with Gasteiger partial charge in [0, 0.05) is 24.6 Å². The Morgan fingerprint density at radius 2 is 2.00 bits per heavy atom. The lowest BCUT2D eigenvalue weighted by molar-refractivity contribution is 0.137. The fraction of sp³-hybridized carbons (Fsp3) is 0.625. The second-order valence-electron chi connectivity index (χ2n) is 7.07. The smallest absolute Gasteiger partial charge is 0.127 e. The van der Waals surface area contributed by atoms with Crippen LogP contribution in [0.15, 0.2) is 18.2 Å². The summed E-state index contributed by atoms with van der Waals surface area (Å²) < 4.78 is 6.09. The third-order valence-corrected chi connectivity index (χ3v) is 4.22. The number of para-hydroxylation sites is 1. The molecule has 98 valence electrons. The largest absolute Gasteiger partial charge is 0.487 e. The highest BCUT2D eigenvalue weighted by Gasteiger charge is 2.45. The molecule has 2 nitrogen and oxygen atoms in total. The Hall–Kier alpha value is -1.02. The first-order valence-corrected chi connectivity index (χ1v) is 6.91. The molecular formula is C16H23NO. The minimum absolute atomic E-state index is 0.0444. The van der Waals surface area contributed by atoms with E-state index in [0.29, 0.717) is 11.5 Å². The minimum atomic E-state index is -0.0444. The van der Waals surface area contributed by atoms with Crippen molar-refractivity contribution in [2.75, 3.05) is 0 Å². The molecule has 0 amide bonds. The highest BCUT2D eigenvalue weighted by Crippen LogP contribution is 2.45. The van der Waals surface area contributed by atoms with Crippen molar-refractivity contribution in [3.05, 3.63) is 29.3 Å². The van der Waals surface area contributed by atoms with Gasteiger partial charge in [-0.15, -0.1) is 0 Å². The van der Waals surface area contributed by atoms with Crippen LogP contribution in [0, 0.1) is 5.41 Å². The van der Waals surface area contributed by atoms with Gasteiger partial charge in [0.05, 0.1) is 0 Å². The SMILES string of the molecule is CC1(C)Cc2cccc(CNC3CC3(C)C)c2O1. The van der Waals surface area contributed by atoms with E-state index in [4.69, 9.17) is 4.74 Å². The molecule has 0 aromatic heterocycles. The molecule has 18 heavy (non-hydrogen) atoms. The molecule has 1 heterocycles. The van der Waals surface area contributed by atoms with Gasteiger partial charge in [-0.1, -0.05) is 32.0 Å². The summed E-state index contributed by atoms with van der Waals surface area (Å²) in [5, 5.41) is 3.64. The lowest BCUT2D eigenvalue weighted by Crippen LogP contribution is -2.25. The fourth-order valence-electron chi connectivity index (χ4n) is 2.87. The van der Waals surface area contributed by atoms with E-state index in [-0.39, 0.29) is 5.60 Å². The summed E-state index contributed by atoms with van der Waals surface area (Å²) in [6, 6.07) is 7.19. The van der Waals surface area contributed by atoms with Crippen LogP contribution < -0.4 is 10.1 Å². The van der Waals surface area contributed by atoms with E-state index in [0.717, 1.165) is 18.7 Å². The van der Waals surface area contributed by atoms with Crippen LogP contribution in [0.2, 0.25) is 0 Å². The van der Waals surface area contributed by atoms with Gasteiger partial charge < -0.3 is 10.1 Å². The van der Waals surface area contributed by atoms with Crippen LogP contribution in [0.25, 0.3) is 0 Å². The Bertz CT molecular complexity index is 476. The van der Waals surface area contributed by atoms with Crippen LogP contribution in [-0.2, 0) is 13.0 Å². The lowest BCUT2D eigenvalue weighted by atomic mass is 10.0. The molecule has 1 saturated carbocycles. The standard InChI is InChI=1S/C16H23NO/c1-15(2)9-13(15)17-10-12-7-5-6-11-8-16(3,4)18-14(11)12/h5-7,13,17H,8-10H2,1-4H3. The van der Waals surface area contributed by atoms with Gasteiger partial charge in [0.1, 0.15) is 11.4 Å². The number of nitrogens with one attached hydrogen (secondary N) is 1. The van der Waals surface area contributed by atoms with Crippen LogP contribution in [0.5, 0.6) is 5.75 Å². The average molecular weight is 245 g/mol. The van der Waals surface area contributed by atoms with E-state index >= 15 is 0 Å². The quantitative estimate of drug-likeness (QED) is 0.882. The molecule has 1 atom stereocenters. The molecular weight excluding hydrogens is 222 g/mol. The molecule has 1 fully saturated rings. The van der Waals surface area contributed by atoms with E-state index in [1.807, 2.05) is 0 Å². The van der Waals surface area contributed by atoms with Crippen molar-refractivity contribution in [2.24, 2.45) is 5.41 Å². The van der Waals surface area contributed by atoms with E-state index in [1.165, 1.54) is 17.5 Å². The zero-order valence-electron chi connectivity index (χ0n) is 11.8. The minimum Gasteiger partial charge on any atom is -0.487 e. The van der Waals surface area contributed by atoms with Gasteiger partial charge in [-0.05, 0) is 31.2 Å². The Labute approximate surface area is 110 Å². The molecule has 1 unspecified atom stereocenters. The first-order valence-electron chi connectivity index (χ1n) is 6.91. The predicted molar refractivity (Wildman–Crippen MR) is 73.9 cm³/mol. The monoisotopic (exact) mass is 245 g/mol. The summed E-state index contributed by atoms with van der Waals surface area (Å²) in [5.74, 6) is 1.12. The van der Waals surface area contributed by atoms with Crippen molar-refractivity contribution < 1.29 is 4.74 Å². The summed E-state index contributed by atoms with van der Waals surface area (Å²) in [4.78, 5) is 0. The van der Waals surface area contributed by atoms with Crippen LogP contribution in [0.3, 0.4) is 0 Å². The summed E-state index contributed by atoms with van der Waals surface area (Å²) in [6.45, 7) is 9.88. The zero-order chi connectivity index (χ0) is 13.0. The van der Waals surface area contributed by atoms with Gasteiger partial charge in [0.25, 0.3) is 0 Å². The second kappa shape index (κ2) is 3.74. The molecule has 3 rings (SSSR count). The number of hydrogen-bond donors (Lipinski definition) is 1. The normalized spacial score (nSPS) is 26.6. The summed E-state index contributed by atoms with van der Waals surface area (Å²) in [5.41, 5.74) is 3.10. The fourth-order valence-corrected chi connectivity index (χ4v) is 2.87. The summed E-state index contributed by atoms with van der Waals surface area (Å²) in [6.07, 6.45) is 2.31. The van der Waals surface area contributed by atoms with Crippen molar-refractivity contribution in [1.29, 1.82) is 0 Å². The van der Waals surface area contributed by atoms with Crippen molar-refractivity contribution in [2.45, 2.75) is 58.7 Å². The molecule has 0 bridgehead atoms. The highest BCUT2D eigenvalue weighted by atomic mass is 16.5. The van der Waals surface area contributed by atoms with Crippen molar-refractivity contribution in [3.63, 3.8) is 0 Å². The van der Waals surface area contributed by atoms with Gasteiger partial charge in [-0.3, -0.25) is 0 Å². The molecule has 1 aliphatic heterocycles. The summed E-state index contributed by atoms with van der Waals surface area (Å²) >= 11 is 0. The van der Waals surface area contributed by atoms with Gasteiger partial charge in [0.2, 0.25) is 0 Å². The lowest BCUT2D eigenvalue weighted by Gasteiger charge is -2.18. The van der Waals surface area contributed by atoms with Gasteiger partial charge in [-0.2, -0.15) is 0 Å². The van der Waals surface area contributed by atoms with Crippen molar-refractivity contribution in [3.8, 4) is 5.75 Å².